The number of ketones is 1. The predicted molar refractivity (Wildman–Crippen MR) is 61.6 cm³/mol. The molecule has 0 radical (unpaired) electrons. The Kier molecular flexibility index (Phi) is 6.13. The minimum atomic E-state index is -3.07. The second-order valence-corrected chi connectivity index (χ2v) is 3.65. The van der Waals surface area contributed by atoms with Gasteiger partial charge >= 0.3 is 11.9 Å². The Bertz CT molecular complexity index is 359. The highest BCUT2D eigenvalue weighted by molar-refractivity contribution is 6.15. The van der Waals surface area contributed by atoms with Crippen LogP contribution in [0.2, 0.25) is 0 Å². The molecule has 0 aromatic rings. The fraction of sp³-hybridized carbons (Fsp3) is 0.636. The molecule has 3 N–H and O–H groups in total. The first kappa shape index (κ1) is 17.0. The molecule has 1 unspecified atom stereocenters. The maximum atomic E-state index is 11.7. The van der Waals surface area contributed by atoms with Crippen LogP contribution in [0.3, 0.4) is 0 Å². The van der Waals surface area contributed by atoms with Gasteiger partial charge in [-0.25, -0.2) is 9.59 Å². The zero-order chi connectivity index (χ0) is 15.2. The van der Waals surface area contributed by atoms with Crippen LogP contribution in [0.4, 0.5) is 0 Å². The number of esters is 2. The smallest absolute Gasteiger partial charge is 0.351 e. The fourth-order valence-electron chi connectivity index (χ4n) is 1.50. The third kappa shape index (κ3) is 3.50. The minimum absolute atomic E-state index is 0.163. The number of carbonyl (C=O) groups is 4. The molecule has 0 fully saturated rings. The number of amides is 1. The highest BCUT2D eigenvalue weighted by atomic mass is 16.6. The normalized spacial score (nSPS) is 12.4. The van der Waals surface area contributed by atoms with Crippen LogP contribution in [0.1, 0.15) is 20.8 Å². The summed E-state index contributed by atoms with van der Waals surface area (Å²) in [6.07, 6.45) is 0. The van der Waals surface area contributed by atoms with E-state index in [1.54, 1.807) is 0 Å². The van der Waals surface area contributed by atoms with Crippen molar-refractivity contribution in [1.29, 1.82) is 0 Å². The first-order chi connectivity index (χ1) is 8.73. The first-order valence-electron chi connectivity index (χ1n) is 5.59. The van der Waals surface area contributed by atoms with Crippen LogP contribution in [0.15, 0.2) is 0 Å². The van der Waals surface area contributed by atoms with Gasteiger partial charge in [0, 0.05) is 0 Å². The van der Waals surface area contributed by atoms with E-state index in [-0.39, 0.29) is 13.2 Å². The molecule has 0 bridgehead atoms. The lowest BCUT2D eigenvalue weighted by molar-refractivity contribution is -0.192. The maximum Gasteiger partial charge on any atom is 0.351 e. The summed E-state index contributed by atoms with van der Waals surface area (Å²) >= 11 is 0. The van der Waals surface area contributed by atoms with Crippen molar-refractivity contribution < 1.29 is 33.8 Å². The third-order valence-electron chi connectivity index (χ3n) is 2.28. The lowest BCUT2D eigenvalue weighted by Crippen LogP contribution is -2.60. The number of rotatable bonds is 7. The van der Waals surface area contributed by atoms with Crippen LogP contribution in [-0.4, -0.2) is 47.6 Å². The Morgan fingerprint density at radius 2 is 1.47 bits per heavy atom. The summed E-state index contributed by atoms with van der Waals surface area (Å²) in [6, 6.07) is 0. The van der Waals surface area contributed by atoms with Crippen LogP contribution in [0, 0.1) is 5.92 Å². The second kappa shape index (κ2) is 6.83. The number of Topliss-reactive ketones (excluding diaryl/α,β-unsaturated/α-hetero) is 1. The van der Waals surface area contributed by atoms with Crippen molar-refractivity contribution in [1.82, 2.24) is 0 Å². The molecule has 0 aliphatic carbocycles. The zero-order valence-electron chi connectivity index (χ0n) is 11.0. The third-order valence-corrected chi connectivity index (χ3v) is 2.28. The van der Waals surface area contributed by atoms with E-state index in [4.69, 9.17) is 5.73 Å². The highest BCUT2D eigenvalue weighted by Gasteiger charge is 2.58. The summed E-state index contributed by atoms with van der Waals surface area (Å²) in [6.45, 7) is 3.44. The van der Waals surface area contributed by atoms with Crippen LogP contribution < -0.4 is 5.73 Å². The van der Waals surface area contributed by atoms with E-state index in [0.29, 0.717) is 0 Å². The van der Waals surface area contributed by atoms with Crippen LogP contribution >= 0.6 is 0 Å². The number of aliphatic hydroxyl groups is 1. The second-order valence-electron chi connectivity index (χ2n) is 3.65. The van der Waals surface area contributed by atoms with Crippen molar-refractivity contribution in [3.63, 3.8) is 0 Å². The summed E-state index contributed by atoms with van der Waals surface area (Å²) in [5.74, 6) is -7.24. The standard InChI is InChI=1S/C11H17NO7/c1-4-18-9(15)11(17,10(16)19-5-2)7(6(3)13)8(12)14/h7,17H,4-5H2,1-3H3,(H2,12,14). The van der Waals surface area contributed by atoms with E-state index in [0.717, 1.165) is 6.92 Å². The molecule has 0 saturated heterocycles. The van der Waals surface area contributed by atoms with Gasteiger partial charge in [0.25, 0.3) is 5.60 Å². The minimum Gasteiger partial charge on any atom is -0.463 e. The predicted octanol–water partition coefficient (Wildman–Crippen LogP) is -1.47. The average Bonchev–Trinajstić information content (AvgIpc) is 2.28. The van der Waals surface area contributed by atoms with Crippen molar-refractivity contribution in [3.8, 4) is 0 Å². The molecule has 8 nitrogen and oxygen atoms in total. The molecule has 1 amide bonds. The van der Waals surface area contributed by atoms with Gasteiger partial charge in [0.15, 0.2) is 0 Å². The number of hydrogen-bond donors (Lipinski definition) is 2. The molecule has 108 valence electrons. The number of primary amides is 1. The molecule has 19 heavy (non-hydrogen) atoms. The van der Waals surface area contributed by atoms with E-state index < -0.39 is 35.1 Å². The van der Waals surface area contributed by atoms with Crippen molar-refractivity contribution in [2.75, 3.05) is 13.2 Å². The Morgan fingerprint density at radius 1 is 1.11 bits per heavy atom. The van der Waals surface area contributed by atoms with Crippen molar-refractivity contribution >= 4 is 23.6 Å². The van der Waals surface area contributed by atoms with Gasteiger partial charge in [-0.3, -0.25) is 9.59 Å². The number of ether oxygens (including phenoxy) is 2. The quantitative estimate of drug-likeness (QED) is 0.428. The Labute approximate surface area is 109 Å². The Morgan fingerprint density at radius 3 is 1.68 bits per heavy atom. The summed E-state index contributed by atoms with van der Waals surface area (Å²) < 4.78 is 9.01. The van der Waals surface area contributed by atoms with Gasteiger partial charge in [-0.15, -0.1) is 0 Å². The van der Waals surface area contributed by atoms with Crippen molar-refractivity contribution in [2.24, 2.45) is 11.7 Å². The van der Waals surface area contributed by atoms with Crippen LogP contribution in [0.25, 0.3) is 0 Å². The van der Waals surface area contributed by atoms with E-state index in [2.05, 4.69) is 9.47 Å². The molecule has 8 heteroatoms. The van der Waals surface area contributed by atoms with E-state index >= 15 is 0 Å². The summed E-state index contributed by atoms with van der Waals surface area (Å²) in [5.41, 5.74) is 1.89. The molecule has 0 rings (SSSR count). The number of carbonyl (C=O) groups excluding carboxylic acids is 4. The van der Waals surface area contributed by atoms with E-state index in [9.17, 15) is 24.3 Å². The van der Waals surface area contributed by atoms with E-state index in [1.807, 2.05) is 0 Å². The van der Waals surface area contributed by atoms with Crippen molar-refractivity contribution in [3.05, 3.63) is 0 Å². The lowest BCUT2D eigenvalue weighted by Gasteiger charge is -2.28. The van der Waals surface area contributed by atoms with Crippen LogP contribution in [-0.2, 0) is 28.7 Å². The van der Waals surface area contributed by atoms with Gasteiger partial charge in [0.05, 0.1) is 13.2 Å². The average molecular weight is 275 g/mol. The molecule has 0 aromatic carbocycles. The monoisotopic (exact) mass is 275 g/mol. The SMILES string of the molecule is CCOC(=O)C(O)(C(=O)OCC)C(C(C)=O)C(N)=O. The maximum absolute atomic E-state index is 11.7. The summed E-state index contributed by atoms with van der Waals surface area (Å²) in [4.78, 5) is 46.0. The zero-order valence-corrected chi connectivity index (χ0v) is 11.0. The van der Waals surface area contributed by atoms with Gasteiger partial charge < -0.3 is 20.3 Å². The van der Waals surface area contributed by atoms with E-state index in [1.165, 1.54) is 13.8 Å². The first-order valence-corrected chi connectivity index (χ1v) is 5.59. The number of hydrogen-bond acceptors (Lipinski definition) is 7. The summed E-state index contributed by atoms with van der Waals surface area (Å²) in [5, 5.41) is 10.1. The molecule has 1 atom stereocenters. The number of nitrogens with two attached hydrogens (primary N) is 1. The Hall–Kier alpha value is -1.96. The van der Waals surface area contributed by atoms with Crippen molar-refractivity contribution in [2.45, 2.75) is 26.4 Å². The van der Waals surface area contributed by atoms with Gasteiger partial charge in [-0.1, -0.05) is 0 Å². The molecule has 0 saturated carbocycles. The lowest BCUT2D eigenvalue weighted by atomic mass is 9.83. The topological polar surface area (TPSA) is 133 Å². The van der Waals surface area contributed by atoms with Crippen LogP contribution in [0.5, 0.6) is 0 Å². The van der Waals surface area contributed by atoms with Gasteiger partial charge in [0.1, 0.15) is 11.7 Å². The molecular weight excluding hydrogens is 258 g/mol. The molecule has 0 heterocycles. The molecule has 0 spiro atoms. The van der Waals surface area contributed by atoms with Gasteiger partial charge in [-0.05, 0) is 20.8 Å². The summed E-state index contributed by atoms with van der Waals surface area (Å²) in [7, 11) is 0. The molecule has 0 aromatic heterocycles. The molecule has 0 aliphatic heterocycles. The van der Waals surface area contributed by atoms with Gasteiger partial charge in [0.2, 0.25) is 5.91 Å². The largest absolute Gasteiger partial charge is 0.463 e. The fourth-order valence-corrected chi connectivity index (χ4v) is 1.50. The molecule has 0 aliphatic rings. The highest BCUT2D eigenvalue weighted by Crippen LogP contribution is 2.23. The van der Waals surface area contributed by atoms with Gasteiger partial charge in [-0.2, -0.15) is 0 Å². The Balaban J connectivity index is 5.72. The molecular formula is C11H17NO7.